The zero-order chi connectivity index (χ0) is 21.9. The maximum Gasteiger partial charge on any atom is 0.334 e. The second-order valence-corrected chi connectivity index (χ2v) is 7.66. The lowest BCUT2D eigenvalue weighted by Gasteiger charge is -2.19. The maximum absolute atomic E-state index is 14.6. The molecule has 0 N–H and O–H groups in total. The van der Waals surface area contributed by atoms with E-state index in [1.807, 2.05) is 0 Å². The quantitative estimate of drug-likeness (QED) is 0.430. The summed E-state index contributed by atoms with van der Waals surface area (Å²) in [6.07, 6.45) is 1.35. The molecular weight excluding hydrogens is 392 g/mol. The molecule has 0 fully saturated rings. The van der Waals surface area contributed by atoms with Crippen LogP contribution in [0.25, 0.3) is 11.4 Å². The molecule has 0 spiro atoms. The van der Waals surface area contributed by atoms with Gasteiger partial charge in [0.2, 0.25) is 11.7 Å². The van der Waals surface area contributed by atoms with Crippen LogP contribution < -0.4 is 0 Å². The number of carbonyl (C=O) groups excluding carboxylic acids is 1. The van der Waals surface area contributed by atoms with Crippen LogP contribution >= 0.6 is 0 Å². The van der Waals surface area contributed by atoms with Gasteiger partial charge in [0.15, 0.2) is 0 Å². The summed E-state index contributed by atoms with van der Waals surface area (Å²) < 4.78 is 39.6. The fourth-order valence-electron chi connectivity index (χ4n) is 2.57. The minimum absolute atomic E-state index is 0.0255. The molecule has 3 aromatic rings. The van der Waals surface area contributed by atoms with Gasteiger partial charge in [-0.25, -0.2) is 4.79 Å². The van der Waals surface area contributed by atoms with Crippen LogP contribution in [0.2, 0.25) is 0 Å². The largest absolute Gasteiger partial charge is 0.457 e. The summed E-state index contributed by atoms with van der Waals surface area (Å²) in [5.74, 6) is -3.39. The second kappa shape index (κ2) is 8.14. The SMILES string of the molecule is C=C(Cc1nc(-c2ccc(C(F)(F)c3ccccn3)cc2)no1)C(=O)OC(C)(C)C. The molecule has 3 rings (SSSR count). The maximum atomic E-state index is 14.6. The van der Waals surface area contributed by atoms with Gasteiger partial charge in [-0.3, -0.25) is 4.98 Å². The van der Waals surface area contributed by atoms with Crippen LogP contribution in [0.1, 0.15) is 37.9 Å². The van der Waals surface area contributed by atoms with Crippen LogP contribution in [0.3, 0.4) is 0 Å². The van der Waals surface area contributed by atoms with E-state index in [-0.39, 0.29) is 35.0 Å². The lowest BCUT2D eigenvalue weighted by atomic mass is 10.0. The summed E-state index contributed by atoms with van der Waals surface area (Å²) in [5, 5.41) is 3.84. The highest BCUT2D eigenvalue weighted by molar-refractivity contribution is 5.88. The van der Waals surface area contributed by atoms with Crippen LogP contribution in [0.15, 0.2) is 65.3 Å². The number of benzene rings is 1. The molecule has 0 unspecified atom stereocenters. The zero-order valence-electron chi connectivity index (χ0n) is 16.9. The Kier molecular flexibility index (Phi) is 5.78. The van der Waals surface area contributed by atoms with Crippen molar-refractivity contribution in [1.82, 2.24) is 15.1 Å². The molecule has 0 radical (unpaired) electrons. The predicted molar refractivity (Wildman–Crippen MR) is 106 cm³/mol. The van der Waals surface area contributed by atoms with E-state index in [0.29, 0.717) is 5.56 Å². The van der Waals surface area contributed by atoms with Gasteiger partial charge >= 0.3 is 11.9 Å². The van der Waals surface area contributed by atoms with Crippen molar-refractivity contribution in [2.45, 2.75) is 38.7 Å². The zero-order valence-corrected chi connectivity index (χ0v) is 16.9. The number of hydrogen-bond donors (Lipinski definition) is 0. The molecular formula is C22H21F2N3O3. The topological polar surface area (TPSA) is 78.1 Å². The molecule has 0 atom stereocenters. The summed E-state index contributed by atoms with van der Waals surface area (Å²) in [5.41, 5.74) is -0.509. The van der Waals surface area contributed by atoms with Crippen LogP contribution in [-0.2, 0) is 21.9 Å². The average Bonchev–Trinajstić information content (AvgIpc) is 3.16. The van der Waals surface area contributed by atoms with E-state index < -0.39 is 17.5 Å². The number of halogens is 2. The standard InChI is InChI=1S/C22H21F2N3O3/c1-14(20(28)29-21(2,3)4)13-18-26-19(27-30-18)15-8-10-16(11-9-15)22(23,24)17-7-5-6-12-25-17/h5-12H,1,13H2,2-4H3. The molecule has 30 heavy (non-hydrogen) atoms. The second-order valence-electron chi connectivity index (χ2n) is 7.66. The third-order valence-corrected chi connectivity index (χ3v) is 4.01. The number of carbonyl (C=O) groups is 1. The van der Waals surface area contributed by atoms with Crippen LogP contribution in [0.4, 0.5) is 8.78 Å². The molecule has 156 valence electrons. The number of aromatic nitrogens is 3. The van der Waals surface area contributed by atoms with Gasteiger partial charge in [0.1, 0.15) is 11.3 Å². The van der Waals surface area contributed by atoms with Gasteiger partial charge in [-0.05, 0) is 32.9 Å². The van der Waals surface area contributed by atoms with E-state index in [0.717, 1.165) is 0 Å². The number of rotatable bonds is 6. The minimum atomic E-state index is -3.23. The number of esters is 1. The Morgan fingerprint density at radius 3 is 2.43 bits per heavy atom. The van der Waals surface area contributed by atoms with E-state index in [9.17, 15) is 13.6 Å². The Bertz CT molecular complexity index is 1040. The van der Waals surface area contributed by atoms with E-state index in [1.165, 1.54) is 42.6 Å². The van der Waals surface area contributed by atoms with Gasteiger partial charge in [0, 0.05) is 22.9 Å². The first-order valence-corrected chi connectivity index (χ1v) is 9.20. The number of hydrogen-bond acceptors (Lipinski definition) is 6. The van der Waals surface area contributed by atoms with Crippen LogP contribution in [-0.4, -0.2) is 26.7 Å². The first-order chi connectivity index (χ1) is 14.1. The molecule has 8 heteroatoms. The fourth-order valence-corrected chi connectivity index (χ4v) is 2.57. The first-order valence-electron chi connectivity index (χ1n) is 9.20. The highest BCUT2D eigenvalue weighted by Crippen LogP contribution is 2.35. The van der Waals surface area contributed by atoms with Crippen molar-refractivity contribution in [2.75, 3.05) is 0 Å². The first kappa shape index (κ1) is 21.3. The van der Waals surface area contributed by atoms with Crippen LogP contribution in [0.5, 0.6) is 0 Å². The molecule has 0 bridgehead atoms. The molecule has 2 aromatic heterocycles. The average molecular weight is 413 g/mol. The lowest BCUT2D eigenvalue weighted by Crippen LogP contribution is -2.25. The summed E-state index contributed by atoms with van der Waals surface area (Å²) in [7, 11) is 0. The number of alkyl halides is 2. The Morgan fingerprint density at radius 1 is 1.13 bits per heavy atom. The van der Waals surface area contributed by atoms with E-state index in [2.05, 4.69) is 21.7 Å². The van der Waals surface area contributed by atoms with E-state index in [4.69, 9.17) is 9.26 Å². The number of nitrogens with zero attached hydrogens (tertiary/aromatic N) is 3. The van der Waals surface area contributed by atoms with Crippen molar-refractivity contribution in [1.29, 1.82) is 0 Å². The van der Waals surface area contributed by atoms with E-state index in [1.54, 1.807) is 26.8 Å². The molecule has 0 saturated carbocycles. The molecule has 1 aromatic carbocycles. The van der Waals surface area contributed by atoms with E-state index >= 15 is 0 Å². The Hall–Kier alpha value is -3.42. The van der Waals surface area contributed by atoms with Gasteiger partial charge in [-0.1, -0.05) is 42.1 Å². The molecule has 0 aliphatic carbocycles. The van der Waals surface area contributed by atoms with Crippen molar-refractivity contribution >= 4 is 5.97 Å². The Labute approximate surface area is 172 Å². The third-order valence-electron chi connectivity index (χ3n) is 4.01. The smallest absolute Gasteiger partial charge is 0.334 e. The molecule has 0 aliphatic heterocycles. The third kappa shape index (κ3) is 4.94. The minimum Gasteiger partial charge on any atom is -0.457 e. The number of ether oxygens (including phenoxy) is 1. The van der Waals surface area contributed by atoms with Gasteiger partial charge in [-0.2, -0.15) is 13.8 Å². The molecule has 0 aliphatic rings. The van der Waals surface area contributed by atoms with Crippen molar-refractivity contribution in [3.8, 4) is 11.4 Å². The predicted octanol–water partition coefficient (Wildman–Crippen LogP) is 4.71. The van der Waals surface area contributed by atoms with Crippen molar-refractivity contribution in [3.05, 3.63) is 78.0 Å². The van der Waals surface area contributed by atoms with Gasteiger partial charge in [0.05, 0.1) is 6.42 Å². The summed E-state index contributed by atoms with van der Waals surface area (Å²) in [6, 6.07) is 9.90. The molecule has 0 saturated heterocycles. The van der Waals surface area contributed by atoms with Gasteiger partial charge in [0.25, 0.3) is 0 Å². The molecule has 6 nitrogen and oxygen atoms in total. The lowest BCUT2D eigenvalue weighted by molar-refractivity contribution is -0.150. The Balaban J connectivity index is 1.72. The van der Waals surface area contributed by atoms with Crippen LogP contribution in [0, 0.1) is 0 Å². The van der Waals surface area contributed by atoms with Crippen molar-refractivity contribution in [3.63, 3.8) is 0 Å². The highest BCUT2D eigenvalue weighted by Gasteiger charge is 2.35. The monoisotopic (exact) mass is 413 g/mol. The Morgan fingerprint density at radius 2 is 1.83 bits per heavy atom. The van der Waals surface area contributed by atoms with Crippen molar-refractivity contribution < 1.29 is 22.8 Å². The highest BCUT2D eigenvalue weighted by atomic mass is 19.3. The van der Waals surface area contributed by atoms with Gasteiger partial charge < -0.3 is 9.26 Å². The molecule has 0 amide bonds. The van der Waals surface area contributed by atoms with Gasteiger partial charge in [-0.15, -0.1) is 0 Å². The fraction of sp³-hybridized carbons (Fsp3) is 0.273. The normalized spacial score (nSPS) is 11.9. The van der Waals surface area contributed by atoms with Crippen molar-refractivity contribution in [2.24, 2.45) is 0 Å². The summed E-state index contributed by atoms with van der Waals surface area (Å²) in [6.45, 7) is 8.95. The number of pyridine rings is 1. The molecule has 2 heterocycles. The summed E-state index contributed by atoms with van der Waals surface area (Å²) in [4.78, 5) is 19.9. The summed E-state index contributed by atoms with van der Waals surface area (Å²) >= 11 is 0.